The monoisotopic (exact) mass is 357 g/mol. The molecule has 122 valence electrons. The standard InChI is InChI=1S/C18H16ClN3OS/c1-2-3-4-11-5-7-13-16(9-11)24-18(21-13)22-17-20-14-10-12(19)6-8-15(14)23-17/h5-10H,2-4H2,1H3,(H,20,21,22). The number of fused-ring (bicyclic) bond motifs is 2. The summed E-state index contributed by atoms with van der Waals surface area (Å²) < 4.78 is 6.86. The zero-order valence-corrected chi connectivity index (χ0v) is 14.7. The van der Waals surface area contributed by atoms with Crippen molar-refractivity contribution in [2.24, 2.45) is 0 Å². The Morgan fingerprint density at radius 2 is 2.04 bits per heavy atom. The van der Waals surface area contributed by atoms with Crippen molar-refractivity contribution in [1.82, 2.24) is 9.97 Å². The van der Waals surface area contributed by atoms with Crippen LogP contribution in [0.3, 0.4) is 0 Å². The van der Waals surface area contributed by atoms with Gasteiger partial charge in [0, 0.05) is 5.02 Å². The Bertz CT molecular complexity index is 1010. The smallest absolute Gasteiger partial charge is 0.302 e. The number of aromatic nitrogens is 2. The van der Waals surface area contributed by atoms with Gasteiger partial charge in [-0.25, -0.2) is 4.98 Å². The second-order valence-electron chi connectivity index (χ2n) is 5.68. The SMILES string of the molecule is CCCCc1ccc2nc(Nc3nc4cc(Cl)ccc4o3)sc2c1. The van der Waals surface area contributed by atoms with Crippen LogP contribution in [0, 0.1) is 0 Å². The molecule has 2 heterocycles. The van der Waals surface area contributed by atoms with Gasteiger partial charge in [-0.2, -0.15) is 4.98 Å². The molecular formula is C18H16ClN3OS. The Hall–Kier alpha value is -2.11. The van der Waals surface area contributed by atoms with Crippen LogP contribution in [-0.2, 0) is 6.42 Å². The van der Waals surface area contributed by atoms with Crippen molar-refractivity contribution in [2.45, 2.75) is 26.2 Å². The van der Waals surface area contributed by atoms with Crippen LogP contribution in [0.1, 0.15) is 25.3 Å². The van der Waals surface area contributed by atoms with Crippen molar-refractivity contribution in [3.05, 3.63) is 47.0 Å². The summed E-state index contributed by atoms with van der Waals surface area (Å²) in [6.07, 6.45) is 3.52. The van der Waals surface area contributed by atoms with Gasteiger partial charge in [-0.15, -0.1) is 0 Å². The van der Waals surface area contributed by atoms with Crippen LogP contribution in [0.2, 0.25) is 5.02 Å². The van der Waals surface area contributed by atoms with Gasteiger partial charge >= 0.3 is 6.01 Å². The van der Waals surface area contributed by atoms with E-state index < -0.39 is 0 Å². The van der Waals surface area contributed by atoms with Gasteiger partial charge in [0.15, 0.2) is 10.7 Å². The van der Waals surface area contributed by atoms with E-state index in [9.17, 15) is 0 Å². The summed E-state index contributed by atoms with van der Waals surface area (Å²) >= 11 is 7.58. The lowest BCUT2D eigenvalue weighted by atomic mass is 10.1. The van der Waals surface area contributed by atoms with Crippen molar-refractivity contribution in [3.8, 4) is 0 Å². The largest absolute Gasteiger partial charge is 0.423 e. The van der Waals surface area contributed by atoms with Gasteiger partial charge in [0.2, 0.25) is 0 Å². The first kappa shape index (κ1) is 15.4. The number of halogens is 1. The van der Waals surface area contributed by atoms with Crippen LogP contribution in [0.15, 0.2) is 40.8 Å². The molecule has 1 N–H and O–H groups in total. The number of hydrogen-bond acceptors (Lipinski definition) is 5. The molecule has 0 atom stereocenters. The number of unbranched alkanes of at least 4 members (excludes halogenated alkanes) is 1. The fourth-order valence-corrected chi connectivity index (χ4v) is 3.69. The van der Waals surface area contributed by atoms with Crippen LogP contribution in [-0.4, -0.2) is 9.97 Å². The summed E-state index contributed by atoms with van der Waals surface area (Å²) in [5, 5.41) is 4.57. The Morgan fingerprint density at radius 1 is 1.12 bits per heavy atom. The maximum atomic E-state index is 5.98. The van der Waals surface area contributed by atoms with E-state index in [1.54, 1.807) is 23.5 Å². The highest BCUT2D eigenvalue weighted by molar-refractivity contribution is 7.22. The normalized spacial score (nSPS) is 11.4. The van der Waals surface area contributed by atoms with Crippen molar-refractivity contribution in [2.75, 3.05) is 5.32 Å². The van der Waals surface area contributed by atoms with E-state index in [0.717, 1.165) is 22.6 Å². The number of nitrogens with one attached hydrogen (secondary N) is 1. The maximum Gasteiger partial charge on any atom is 0.302 e. The molecule has 0 aliphatic carbocycles. The molecule has 6 heteroatoms. The Morgan fingerprint density at radius 3 is 2.92 bits per heavy atom. The van der Waals surface area contributed by atoms with Crippen molar-refractivity contribution in [3.63, 3.8) is 0 Å². The summed E-state index contributed by atoms with van der Waals surface area (Å²) in [4.78, 5) is 9.00. The maximum absolute atomic E-state index is 5.98. The molecule has 4 rings (SSSR count). The predicted molar refractivity (Wildman–Crippen MR) is 101 cm³/mol. The van der Waals surface area contributed by atoms with E-state index in [2.05, 4.69) is 40.4 Å². The number of aryl methyl sites for hydroxylation is 1. The minimum absolute atomic E-state index is 0.428. The molecule has 0 radical (unpaired) electrons. The van der Waals surface area contributed by atoms with Crippen LogP contribution < -0.4 is 5.32 Å². The Kier molecular flexibility index (Phi) is 4.12. The molecular weight excluding hydrogens is 342 g/mol. The van der Waals surface area contributed by atoms with Crippen molar-refractivity contribution >= 4 is 55.4 Å². The molecule has 24 heavy (non-hydrogen) atoms. The van der Waals surface area contributed by atoms with Crippen LogP contribution in [0.5, 0.6) is 0 Å². The fourth-order valence-electron chi connectivity index (χ4n) is 2.60. The number of hydrogen-bond donors (Lipinski definition) is 1. The minimum atomic E-state index is 0.428. The first-order valence-electron chi connectivity index (χ1n) is 7.94. The molecule has 0 spiro atoms. The second kappa shape index (κ2) is 6.42. The predicted octanol–water partition coefficient (Wildman–Crippen LogP) is 6.18. The third-order valence-electron chi connectivity index (χ3n) is 3.84. The van der Waals surface area contributed by atoms with Gasteiger partial charge in [0.1, 0.15) is 5.52 Å². The molecule has 0 amide bonds. The average molecular weight is 358 g/mol. The van der Waals surface area contributed by atoms with Crippen LogP contribution in [0.4, 0.5) is 11.1 Å². The number of nitrogens with zero attached hydrogens (tertiary/aromatic N) is 2. The van der Waals surface area contributed by atoms with E-state index in [1.807, 2.05) is 6.07 Å². The lowest BCUT2D eigenvalue weighted by Gasteiger charge is -1.98. The second-order valence-corrected chi connectivity index (χ2v) is 7.15. The molecule has 0 bridgehead atoms. The average Bonchev–Trinajstić information content (AvgIpc) is 3.14. The molecule has 0 aliphatic heterocycles. The summed E-state index contributed by atoms with van der Waals surface area (Å²) in [6.45, 7) is 2.21. The Labute approximate surface area is 148 Å². The first-order valence-corrected chi connectivity index (χ1v) is 9.13. The summed E-state index contributed by atoms with van der Waals surface area (Å²) in [5.74, 6) is 0. The number of benzene rings is 2. The van der Waals surface area contributed by atoms with Gasteiger partial charge in [-0.1, -0.05) is 42.3 Å². The molecule has 2 aromatic heterocycles. The highest BCUT2D eigenvalue weighted by Crippen LogP contribution is 2.30. The van der Waals surface area contributed by atoms with Gasteiger partial charge in [-0.3, -0.25) is 5.32 Å². The van der Waals surface area contributed by atoms with E-state index in [1.165, 1.54) is 23.1 Å². The van der Waals surface area contributed by atoms with Crippen molar-refractivity contribution in [1.29, 1.82) is 0 Å². The molecule has 0 aliphatic rings. The van der Waals surface area contributed by atoms with Crippen LogP contribution in [0.25, 0.3) is 21.3 Å². The Balaban J connectivity index is 1.60. The van der Waals surface area contributed by atoms with Gasteiger partial charge < -0.3 is 4.42 Å². The molecule has 4 nitrogen and oxygen atoms in total. The van der Waals surface area contributed by atoms with E-state index in [4.69, 9.17) is 16.0 Å². The van der Waals surface area contributed by atoms with E-state index >= 15 is 0 Å². The quantitative estimate of drug-likeness (QED) is 0.463. The topological polar surface area (TPSA) is 51.0 Å². The highest BCUT2D eigenvalue weighted by atomic mass is 35.5. The zero-order valence-electron chi connectivity index (χ0n) is 13.2. The van der Waals surface area contributed by atoms with E-state index in [0.29, 0.717) is 16.6 Å². The van der Waals surface area contributed by atoms with Crippen LogP contribution >= 0.6 is 22.9 Å². The highest BCUT2D eigenvalue weighted by Gasteiger charge is 2.10. The molecule has 0 saturated heterocycles. The number of thiazole rings is 1. The lowest BCUT2D eigenvalue weighted by molar-refractivity contribution is 0.623. The minimum Gasteiger partial charge on any atom is -0.423 e. The third kappa shape index (κ3) is 3.09. The molecule has 4 aromatic rings. The number of rotatable bonds is 5. The zero-order chi connectivity index (χ0) is 16.5. The van der Waals surface area contributed by atoms with Gasteiger partial charge in [0.05, 0.1) is 10.2 Å². The summed E-state index contributed by atoms with van der Waals surface area (Å²) in [6, 6.07) is 12.3. The van der Waals surface area contributed by atoms with E-state index in [-0.39, 0.29) is 0 Å². The fraction of sp³-hybridized carbons (Fsp3) is 0.222. The summed E-state index contributed by atoms with van der Waals surface area (Å²) in [5.41, 5.74) is 3.77. The molecule has 0 unspecified atom stereocenters. The van der Waals surface area contributed by atoms with Crippen molar-refractivity contribution < 1.29 is 4.42 Å². The molecule has 0 fully saturated rings. The number of anilines is 2. The molecule has 2 aromatic carbocycles. The van der Waals surface area contributed by atoms with Gasteiger partial charge in [-0.05, 0) is 48.7 Å². The first-order chi connectivity index (χ1) is 11.7. The number of oxazole rings is 1. The molecule has 0 saturated carbocycles. The lowest BCUT2D eigenvalue weighted by Crippen LogP contribution is -1.88. The van der Waals surface area contributed by atoms with Gasteiger partial charge in [0.25, 0.3) is 0 Å². The third-order valence-corrected chi connectivity index (χ3v) is 5.00. The summed E-state index contributed by atoms with van der Waals surface area (Å²) in [7, 11) is 0.